The van der Waals surface area contributed by atoms with Crippen LogP contribution in [0.1, 0.15) is 0 Å². The van der Waals surface area contributed by atoms with E-state index in [0.717, 1.165) is 67.0 Å². The predicted octanol–water partition coefficient (Wildman–Crippen LogP) is 13.2. The Bertz CT molecular complexity index is 2890. The van der Waals surface area contributed by atoms with Gasteiger partial charge in [-0.3, -0.25) is 0 Å². The Morgan fingerprint density at radius 2 is 0.603 bits per heavy atom. The van der Waals surface area contributed by atoms with Gasteiger partial charge in [-0.05, 0) is 45.2 Å². The van der Waals surface area contributed by atoms with Crippen molar-refractivity contribution in [3.8, 4) is 90.3 Å². The summed E-state index contributed by atoms with van der Waals surface area (Å²) >= 11 is 0. The second-order valence-corrected chi connectivity index (χ2v) is 14.1. The van der Waals surface area contributed by atoms with Crippen molar-refractivity contribution >= 4 is 10.8 Å². The van der Waals surface area contributed by atoms with Crippen LogP contribution in [0.25, 0.3) is 101 Å². The van der Waals surface area contributed by atoms with Crippen LogP contribution in [0.15, 0.2) is 212 Å². The van der Waals surface area contributed by atoms with Gasteiger partial charge in [0.25, 0.3) is 0 Å². The molecule has 0 aliphatic carbocycles. The number of aromatic nitrogens is 5. The quantitative estimate of drug-likeness (QED) is 0.155. The first-order chi connectivity index (χ1) is 28.7. The van der Waals surface area contributed by atoms with E-state index in [4.69, 9.17) is 24.9 Å². The molecule has 0 fully saturated rings. The summed E-state index contributed by atoms with van der Waals surface area (Å²) in [5.41, 5.74) is 12.2. The molecule has 0 N–H and O–H groups in total. The maximum atomic E-state index is 5.03. The van der Waals surface area contributed by atoms with Crippen molar-refractivity contribution in [1.29, 1.82) is 0 Å². The second-order valence-electron chi connectivity index (χ2n) is 14.1. The van der Waals surface area contributed by atoms with E-state index in [2.05, 4.69) is 115 Å². The Balaban J connectivity index is 0.976. The molecule has 0 aliphatic rings. The third-order valence-corrected chi connectivity index (χ3v) is 10.4. The summed E-state index contributed by atoms with van der Waals surface area (Å²) in [6.07, 6.45) is 0. The lowest BCUT2D eigenvalue weighted by Gasteiger charge is -2.12. The van der Waals surface area contributed by atoms with Crippen molar-refractivity contribution in [2.24, 2.45) is 0 Å². The van der Waals surface area contributed by atoms with E-state index in [0.29, 0.717) is 23.3 Å². The standard InChI is InChI=1S/C53H35N5/c1-5-14-39(15-6-1)48-35-49(40-16-7-2-8-17-40)55-50(54-48)43-29-24-36(25-30-43)45-33-28-37-22-13-23-46(47(37)34-45)38-26-31-44(32-27-38)53-57-51(41-18-9-3-10-19-41)56-52(58-53)42-20-11-4-12-21-42/h1-35H. The predicted molar refractivity (Wildman–Crippen MR) is 236 cm³/mol. The number of hydrogen-bond donors (Lipinski definition) is 0. The zero-order valence-electron chi connectivity index (χ0n) is 31.4. The largest absolute Gasteiger partial charge is 0.228 e. The van der Waals surface area contributed by atoms with Crippen LogP contribution >= 0.6 is 0 Å². The summed E-state index contributed by atoms with van der Waals surface area (Å²) < 4.78 is 0. The highest BCUT2D eigenvalue weighted by atomic mass is 15.0. The lowest BCUT2D eigenvalue weighted by molar-refractivity contribution is 1.07. The van der Waals surface area contributed by atoms with Gasteiger partial charge in [-0.25, -0.2) is 24.9 Å². The Morgan fingerprint density at radius 1 is 0.224 bits per heavy atom. The molecule has 0 aliphatic heterocycles. The van der Waals surface area contributed by atoms with Crippen LogP contribution in [0.2, 0.25) is 0 Å². The smallest absolute Gasteiger partial charge is 0.164 e. The number of nitrogens with zero attached hydrogens (tertiary/aromatic N) is 5. The van der Waals surface area contributed by atoms with E-state index in [1.807, 2.05) is 97.1 Å². The molecule has 5 heteroatoms. The van der Waals surface area contributed by atoms with Gasteiger partial charge in [0, 0.05) is 33.4 Å². The molecule has 0 unspecified atom stereocenters. The summed E-state index contributed by atoms with van der Waals surface area (Å²) in [6.45, 7) is 0. The molecule has 10 aromatic rings. The van der Waals surface area contributed by atoms with Gasteiger partial charge < -0.3 is 0 Å². The van der Waals surface area contributed by atoms with Crippen LogP contribution in [-0.4, -0.2) is 24.9 Å². The van der Waals surface area contributed by atoms with Gasteiger partial charge in [-0.1, -0.05) is 200 Å². The lowest BCUT2D eigenvalue weighted by atomic mass is 9.94. The summed E-state index contributed by atoms with van der Waals surface area (Å²) in [5, 5.41) is 2.36. The van der Waals surface area contributed by atoms with Crippen LogP contribution in [0.5, 0.6) is 0 Å². The number of rotatable bonds is 8. The lowest BCUT2D eigenvalue weighted by Crippen LogP contribution is -2.00. The molecule has 8 aromatic carbocycles. The van der Waals surface area contributed by atoms with Crippen LogP contribution < -0.4 is 0 Å². The van der Waals surface area contributed by atoms with E-state index in [1.54, 1.807) is 0 Å². The first-order valence-electron chi connectivity index (χ1n) is 19.3. The molecule has 58 heavy (non-hydrogen) atoms. The summed E-state index contributed by atoms with van der Waals surface area (Å²) in [6, 6.07) is 73.0. The average Bonchev–Trinajstić information content (AvgIpc) is 3.32. The third-order valence-electron chi connectivity index (χ3n) is 10.4. The van der Waals surface area contributed by atoms with E-state index >= 15 is 0 Å². The van der Waals surface area contributed by atoms with Crippen molar-refractivity contribution in [3.05, 3.63) is 212 Å². The normalized spacial score (nSPS) is 11.1. The van der Waals surface area contributed by atoms with Gasteiger partial charge in [0.05, 0.1) is 11.4 Å². The molecular weight excluding hydrogens is 707 g/mol. The van der Waals surface area contributed by atoms with Gasteiger partial charge in [0.15, 0.2) is 23.3 Å². The van der Waals surface area contributed by atoms with Gasteiger partial charge in [-0.15, -0.1) is 0 Å². The van der Waals surface area contributed by atoms with E-state index in [-0.39, 0.29) is 0 Å². The SMILES string of the molecule is c1ccc(-c2cc(-c3ccccc3)nc(-c3ccc(-c4ccc5cccc(-c6ccc(-c7nc(-c8ccccc8)nc(-c8ccccc8)n7)cc6)c5c4)cc3)n2)cc1. The fourth-order valence-corrected chi connectivity index (χ4v) is 7.34. The molecule has 5 nitrogen and oxygen atoms in total. The number of fused-ring (bicyclic) bond motifs is 1. The number of benzene rings is 8. The van der Waals surface area contributed by atoms with Crippen molar-refractivity contribution in [2.45, 2.75) is 0 Å². The Labute approximate surface area is 337 Å². The van der Waals surface area contributed by atoms with Gasteiger partial charge in [0.1, 0.15) is 0 Å². The van der Waals surface area contributed by atoms with Crippen molar-refractivity contribution in [1.82, 2.24) is 24.9 Å². The Hall–Kier alpha value is -7.89. The highest BCUT2D eigenvalue weighted by molar-refractivity contribution is 5.99. The van der Waals surface area contributed by atoms with E-state index < -0.39 is 0 Å². The highest BCUT2D eigenvalue weighted by Gasteiger charge is 2.14. The van der Waals surface area contributed by atoms with E-state index in [9.17, 15) is 0 Å². The summed E-state index contributed by atoms with van der Waals surface area (Å²) in [4.78, 5) is 24.8. The van der Waals surface area contributed by atoms with Gasteiger partial charge in [0.2, 0.25) is 0 Å². The molecule has 0 spiro atoms. The molecule has 0 atom stereocenters. The molecular formula is C53H35N5. The van der Waals surface area contributed by atoms with Crippen molar-refractivity contribution in [2.75, 3.05) is 0 Å². The van der Waals surface area contributed by atoms with E-state index in [1.165, 1.54) is 10.8 Å². The molecule has 0 saturated carbocycles. The fourth-order valence-electron chi connectivity index (χ4n) is 7.34. The van der Waals surface area contributed by atoms with Crippen LogP contribution in [0, 0.1) is 0 Å². The fraction of sp³-hybridized carbons (Fsp3) is 0. The minimum Gasteiger partial charge on any atom is -0.228 e. The maximum absolute atomic E-state index is 5.03. The molecule has 0 radical (unpaired) electrons. The van der Waals surface area contributed by atoms with Gasteiger partial charge >= 0.3 is 0 Å². The molecule has 2 heterocycles. The minimum atomic E-state index is 0.636. The zero-order valence-corrected chi connectivity index (χ0v) is 31.4. The van der Waals surface area contributed by atoms with Gasteiger partial charge in [-0.2, -0.15) is 0 Å². The molecule has 0 amide bonds. The number of hydrogen-bond acceptors (Lipinski definition) is 5. The van der Waals surface area contributed by atoms with Crippen molar-refractivity contribution in [3.63, 3.8) is 0 Å². The first-order valence-corrected chi connectivity index (χ1v) is 19.3. The third kappa shape index (κ3) is 7.04. The Morgan fingerprint density at radius 3 is 1.09 bits per heavy atom. The molecule has 10 rings (SSSR count). The Kier molecular flexibility index (Phi) is 9.14. The first kappa shape index (κ1) is 34.6. The van der Waals surface area contributed by atoms with Crippen LogP contribution in [0.3, 0.4) is 0 Å². The summed E-state index contributed by atoms with van der Waals surface area (Å²) in [5.74, 6) is 2.62. The monoisotopic (exact) mass is 741 g/mol. The topological polar surface area (TPSA) is 64.5 Å². The highest BCUT2D eigenvalue weighted by Crippen LogP contribution is 2.35. The van der Waals surface area contributed by atoms with Crippen molar-refractivity contribution < 1.29 is 0 Å². The maximum Gasteiger partial charge on any atom is 0.164 e. The summed E-state index contributed by atoms with van der Waals surface area (Å²) in [7, 11) is 0. The average molecular weight is 742 g/mol. The molecule has 0 bridgehead atoms. The van der Waals surface area contributed by atoms with Crippen LogP contribution in [0.4, 0.5) is 0 Å². The van der Waals surface area contributed by atoms with Crippen LogP contribution in [-0.2, 0) is 0 Å². The minimum absolute atomic E-state index is 0.636. The zero-order chi connectivity index (χ0) is 38.7. The molecule has 2 aromatic heterocycles. The molecule has 0 saturated heterocycles. The second kappa shape index (κ2) is 15.3. The molecule has 272 valence electrons.